The zero-order chi connectivity index (χ0) is 43.1. The van der Waals surface area contributed by atoms with Gasteiger partial charge < -0.3 is 14.8 Å². The molecule has 6 aromatic rings. The Hall–Kier alpha value is -6.73. The predicted octanol–water partition coefficient (Wildman–Crippen LogP) is 4.62. The number of nitrogens with one attached hydrogen (secondary N) is 2. The Morgan fingerprint density at radius 3 is 2.25 bits per heavy atom. The molecule has 312 valence electrons. The summed E-state index contributed by atoms with van der Waals surface area (Å²) in [6.45, 7) is 3.85. The maximum absolute atomic E-state index is 15.5. The summed E-state index contributed by atoms with van der Waals surface area (Å²) in [7, 11) is -1.40. The molecule has 0 radical (unpaired) electrons. The van der Waals surface area contributed by atoms with Gasteiger partial charge in [0.25, 0.3) is 21.5 Å². The second-order valence-electron chi connectivity index (χ2n) is 13.6. The van der Waals surface area contributed by atoms with Gasteiger partial charge in [0.15, 0.2) is 5.82 Å². The van der Waals surface area contributed by atoms with Gasteiger partial charge in [0.05, 0.1) is 33.2 Å². The fourth-order valence-corrected chi connectivity index (χ4v) is 7.29. The molecule has 6 rings (SSSR count). The summed E-state index contributed by atoms with van der Waals surface area (Å²) in [5.74, 6) is -3.97. The van der Waals surface area contributed by atoms with E-state index in [1.165, 1.54) is 73.7 Å². The topological polar surface area (TPSA) is 206 Å². The van der Waals surface area contributed by atoms with Crippen LogP contribution in [0.25, 0.3) is 27.8 Å². The van der Waals surface area contributed by atoms with E-state index < -0.39 is 68.2 Å². The monoisotopic (exact) mass is 842 g/mol. The molecule has 60 heavy (non-hydrogen) atoms. The lowest BCUT2D eigenvalue weighted by Crippen LogP contribution is -2.43. The number of methoxy groups -OCH3 is 1. The fraction of sp³-hybridized carbons (Fsp3) is 0.268. The molecule has 19 heteroatoms. The van der Waals surface area contributed by atoms with Crippen molar-refractivity contribution in [1.82, 2.24) is 34.4 Å². The summed E-state index contributed by atoms with van der Waals surface area (Å²) in [4.78, 5) is 69.4. The Morgan fingerprint density at radius 1 is 0.883 bits per heavy atom. The Balaban J connectivity index is 1.17. The van der Waals surface area contributed by atoms with Crippen LogP contribution >= 0.6 is 0 Å². The number of pyridine rings is 2. The van der Waals surface area contributed by atoms with E-state index >= 15 is 8.78 Å². The van der Waals surface area contributed by atoms with Gasteiger partial charge in [0.1, 0.15) is 36.2 Å². The summed E-state index contributed by atoms with van der Waals surface area (Å²) in [6, 6.07) is 9.83. The molecular weight excluding hydrogens is 803 g/mol. The first-order valence-corrected chi connectivity index (χ1v) is 20.2. The number of hydrogen-bond acceptors (Lipinski definition) is 12. The number of fused-ring (bicyclic) bond motifs is 1. The number of halogens is 2. The number of carbonyl (C=O) groups excluding carboxylic acids is 2. The summed E-state index contributed by atoms with van der Waals surface area (Å²) >= 11 is 0. The highest BCUT2D eigenvalue weighted by atomic mass is 32.2. The Kier molecular flexibility index (Phi) is 13.2. The van der Waals surface area contributed by atoms with Crippen molar-refractivity contribution in [3.05, 3.63) is 135 Å². The van der Waals surface area contributed by atoms with E-state index in [0.29, 0.717) is 53.0 Å². The second kappa shape index (κ2) is 18.5. The minimum Gasteiger partial charge on any atom is -0.461 e. The molecule has 16 nitrogen and oxygen atoms in total. The summed E-state index contributed by atoms with van der Waals surface area (Å²) < 4.78 is 72.0. The summed E-state index contributed by atoms with van der Waals surface area (Å²) in [5.41, 5.74) is -0.646. The Labute approximate surface area is 342 Å². The van der Waals surface area contributed by atoms with Crippen LogP contribution in [0.4, 0.5) is 14.5 Å². The predicted molar refractivity (Wildman–Crippen MR) is 216 cm³/mol. The van der Waals surface area contributed by atoms with E-state index in [2.05, 4.69) is 25.3 Å². The number of nitrogens with zero attached hydrogens (tertiary/aromatic N) is 6. The molecule has 1 amide bonds. The number of anilines is 1. The minimum atomic E-state index is -4.42. The molecular formula is C41H40F2N8O8S. The van der Waals surface area contributed by atoms with Crippen LogP contribution in [-0.4, -0.2) is 68.6 Å². The van der Waals surface area contributed by atoms with Crippen molar-refractivity contribution >= 4 is 38.5 Å². The van der Waals surface area contributed by atoms with Gasteiger partial charge in [-0.05, 0) is 67.1 Å². The molecule has 0 saturated carbocycles. The van der Waals surface area contributed by atoms with E-state index in [0.717, 1.165) is 4.57 Å². The van der Waals surface area contributed by atoms with E-state index in [1.807, 2.05) is 18.6 Å². The van der Waals surface area contributed by atoms with Crippen LogP contribution in [-0.2, 0) is 44.4 Å². The molecule has 4 heterocycles. The average Bonchev–Trinajstić information content (AvgIpc) is 3.25. The highest BCUT2D eigenvalue weighted by Crippen LogP contribution is 2.25. The number of benzene rings is 2. The van der Waals surface area contributed by atoms with Gasteiger partial charge in [-0.25, -0.2) is 46.3 Å². The number of ether oxygens (including phenoxy) is 2. The average molecular weight is 843 g/mol. The van der Waals surface area contributed by atoms with E-state index in [1.54, 1.807) is 18.5 Å². The number of aryl methyl sites for hydroxylation is 2. The van der Waals surface area contributed by atoms with Crippen LogP contribution in [0.1, 0.15) is 54.9 Å². The summed E-state index contributed by atoms with van der Waals surface area (Å²) in [5, 5.41) is 2.70. The number of aromatic nitrogens is 6. The van der Waals surface area contributed by atoms with Gasteiger partial charge in [-0.15, -0.1) is 0 Å². The van der Waals surface area contributed by atoms with Gasteiger partial charge in [-0.2, -0.15) is 0 Å². The quantitative estimate of drug-likeness (QED) is 0.128. The number of rotatable bonds is 16. The number of carbonyl (C=O) groups is 2. The third kappa shape index (κ3) is 9.42. The first kappa shape index (κ1) is 42.9. The first-order valence-electron chi connectivity index (χ1n) is 18.7. The van der Waals surface area contributed by atoms with E-state index in [-0.39, 0.29) is 35.5 Å². The number of esters is 1. The zero-order valence-electron chi connectivity index (χ0n) is 32.9. The van der Waals surface area contributed by atoms with Crippen LogP contribution in [0, 0.1) is 11.6 Å². The van der Waals surface area contributed by atoms with Gasteiger partial charge in [-0.1, -0.05) is 32.0 Å². The highest BCUT2D eigenvalue weighted by molar-refractivity contribution is 7.92. The lowest BCUT2D eigenvalue weighted by atomic mass is 10.1. The lowest BCUT2D eigenvalue weighted by Gasteiger charge is -2.22. The molecule has 0 aliphatic rings. The number of sulfonamides is 1. The van der Waals surface area contributed by atoms with Gasteiger partial charge in [-0.3, -0.25) is 23.9 Å². The maximum atomic E-state index is 15.5. The SMILES string of the molecule is CCC(CC)OC(=O)[C@H](CCc1ccc(-n2c(=O)c3ccncc3n(C)c2=O)nc1)NC(=O)c1cc(F)c(NS(=O)(=O)c2ccc(-c3cnc(COC)nc3)cc2)cc1F. The van der Waals surface area contributed by atoms with Crippen molar-refractivity contribution in [3.8, 4) is 16.9 Å². The summed E-state index contributed by atoms with van der Waals surface area (Å²) in [6.07, 6.45) is 7.91. The maximum Gasteiger partial charge on any atom is 0.337 e. The van der Waals surface area contributed by atoms with Crippen molar-refractivity contribution in [2.24, 2.45) is 7.05 Å². The highest BCUT2D eigenvalue weighted by Gasteiger charge is 2.28. The van der Waals surface area contributed by atoms with Crippen LogP contribution < -0.4 is 21.3 Å². The van der Waals surface area contributed by atoms with Crippen molar-refractivity contribution in [2.45, 2.75) is 63.2 Å². The molecule has 0 spiro atoms. The molecule has 1 atom stereocenters. The molecule has 0 saturated heterocycles. The molecule has 0 bridgehead atoms. The Morgan fingerprint density at radius 2 is 1.60 bits per heavy atom. The van der Waals surface area contributed by atoms with Crippen LogP contribution in [0.15, 0.2) is 100 Å². The van der Waals surface area contributed by atoms with E-state index in [9.17, 15) is 27.6 Å². The van der Waals surface area contributed by atoms with Crippen molar-refractivity contribution in [2.75, 3.05) is 11.8 Å². The van der Waals surface area contributed by atoms with Gasteiger partial charge in [0, 0.05) is 50.6 Å². The molecule has 2 N–H and O–H groups in total. The van der Waals surface area contributed by atoms with Gasteiger partial charge >= 0.3 is 11.7 Å². The number of hydrogen-bond donors (Lipinski definition) is 2. The largest absolute Gasteiger partial charge is 0.461 e. The van der Waals surface area contributed by atoms with Crippen molar-refractivity contribution < 1.29 is 36.3 Å². The van der Waals surface area contributed by atoms with Crippen LogP contribution in [0.5, 0.6) is 0 Å². The molecule has 2 aromatic carbocycles. The minimum absolute atomic E-state index is 0.0538. The van der Waals surface area contributed by atoms with Gasteiger partial charge in [0.2, 0.25) is 0 Å². The van der Waals surface area contributed by atoms with Crippen LogP contribution in [0.2, 0.25) is 0 Å². The molecule has 0 aliphatic carbocycles. The zero-order valence-corrected chi connectivity index (χ0v) is 33.7. The Bertz CT molecular complexity index is 2760. The normalized spacial score (nSPS) is 12.1. The first-order chi connectivity index (χ1) is 28.7. The smallest absolute Gasteiger partial charge is 0.337 e. The van der Waals surface area contributed by atoms with Crippen LogP contribution in [0.3, 0.4) is 0 Å². The molecule has 0 fully saturated rings. The molecule has 4 aromatic heterocycles. The van der Waals surface area contributed by atoms with Crippen molar-refractivity contribution in [3.63, 3.8) is 0 Å². The lowest BCUT2D eigenvalue weighted by molar-refractivity contribution is -0.151. The standard InChI is InChI=1S/C41H40F2N8O8S/c1-5-27(6-2)59-40(54)33(13-7-24-8-14-37(47-19-24)51-39(53)29-15-16-44-22-35(29)50(3)41(51)55)48-38(52)30-17-32(43)34(18-31(30)42)49-60(56,57)28-11-9-25(10-12-28)26-20-45-36(23-58-4)46-21-26/h8-12,14-22,27,33,49H,5-7,13,23H2,1-4H3,(H,48,52)/t33-/m0/s1. The third-order valence-electron chi connectivity index (χ3n) is 9.64. The van der Waals surface area contributed by atoms with E-state index in [4.69, 9.17) is 9.47 Å². The van der Waals surface area contributed by atoms with Crippen molar-refractivity contribution in [1.29, 1.82) is 0 Å². The molecule has 0 aliphatic heterocycles. The third-order valence-corrected chi connectivity index (χ3v) is 11.0. The molecule has 0 unspecified atom stereocenters. The second-order valence-corrected chi connectivity index (χ2v) is 15.3. The number of amides is 1. The fourth-order valence-electron chi connectivity index (χ4n) is 6.23.